The van der Waals surface area contributed by atoms with Crippen LogP contribution in [0.3, 0.4) is 0 Å². The first-order valence-electron chi connectivity index (χ1n) is 12.2. The van der Waals surface area contributed by atoms with Gasteiger partial charge in [0.05, 0.1) is 23.9 Å². The van der Waals surface area contributed by atoms with E-state index in [-0.39, 0.29) is 42.7 Å². The Labute approximate surface area is 208 Å². The Bertz CT molecular complexity index is 998. The number of fused-ring (bicyclic) bond motifs is 1. The Kier molecular flexibility index (Phi) is 9.12. The number of amides is 3. The number of aliphatic hydroxyl groups is 1. The summed E-state index contributed by atoms with van der Waals surface area (Å²) in [7, 11) is 2.04. The van der Waals surface area contributed by atoms with E-state index in [4.69, 9.17) is 4.74 Å². The van der Waals surface area contributed by atoms with Crippen LogP contribution in [0.5, 0.6) is 5.75 Å². The molecule has 0 radical (unpaired) electrons. The van der Waals surface area contributed by atoms with Gasteiger partial charge in [-0.25, -0.2) is 4.79 Å². The van der Waals surface area contributed by atoms with Crippen LogP contribution < -0.4 is 15.4 Å². The van der Waals surface area contributed by atoms with Gasteiger partial charge in [-0.15, -0.1) is 0 Å². The lowest BCUT2D eigenvalue weighted by Crippen LogP contribution is -2.49. The van der Waals surface area contributed by atoms with E-state index in [0.29, 0.717) is 30.1 Å². The summed E-state index contributed by atoms with van der Waals surface area (Å²) in [4.78, 5) is 29.9. The Balaban J connectivity index is 1.94. The second kappa shape index (κ2) is 12.0. The monoisotopic (exact) mass is 482 g/mol. The lowest BCUT2D eigenvalue weighted by atomic mass is 9.99. The standard InChI is InChI=1S/C27H38N4O4/c1-18(2)28-27(34)29-23-13-9-12-22-25(23)35-24(16-30(5)15-21-10-7-6-8-11-21)19(3)14-31(26(22)33)20(4)17-32/h6-13,18-20,24,32H,14-17H2,1-5H3,(H2,28,29,34)/t19-,20+,24+/m1/s1. The van der Waals surface area contributed by atoms with Gasteiger partial charge < -0.3 is 25.4 Å². The molecule has 0 fully saturated rings. The van der Waals surface area contributed by atoms with Crippen LogP contribution in [0.2, 0.25) is 0 Å². The van der Waals surface area contributed by atoms with E-state index >= 15 is 0 Å². The maximum absolute atomic E-state index is 13.5. The van der Waals surface area contributed by atoms with Crippen LogP contribution in [-0.4, -0.2) is 71.8 Å². The summed E-state index contributed by atoms with van der Waals surface area (Å²) in [5.41, 5.74) is 2.01. The highest BCUT2D eigenvalue weighted by atomic mass is 16.5. The summed E-state index contributed by atoms with van der Waals surface area (Å²) < 4.78 is 6.53. The van der Waals surface area contributed by atoms with Gasteiger partial charge in [-0.2, -0.15) is 0 Å². The number of anilines is 1. The number of hydrogen-bond acceptors (Lipinski definition) is 5. The molecule has 0 spiro atoms. The number of aliphatic hydroxyl groups excluding tert-OH is 1. The maximum atomic E-state index is 13.5. The highest BCUT2D eigenvalue weighted by molar-refractivity contribution is 6.01. The van der Waals surface area contributed by atoms with Gasteiger partial charge in [-0.05, 0) is 45.5 Å². The van der Waals surface area contributed by atoms with Gasteiger partial charge in [-0.1, -0.05) is 43.3 Å². The first-order chi connectivity index (χ1) is 16.7. The molecule has 3 rings (SSSR count). The Morgan fingerprint density at radius 1 is 1.17 bits per heavy atom. The number of nitrogens with zero attached hydrogens (tertiary/aromatic N) is 2. The molecule has 1 aliphatic heterocycles. The number of ether oxygens (including phenoxy) is 1. The molecule has 8 nitrogen and oxygen atoms in total. The summed E-state index contributed by atoms with van der Waals surface area (Å²) in [5, 5.41) is 15.5. The molecule has 0 saturated carbocycles. The molecule has 2 aromatic rings. The van der Waals surface area contributed by atoms with Crippen LogP contribution in [0.4, 0.5) is 10.5 Å². The average Bonchev–Trinajstić information content (AvgIpc) is 2.81. The molecule has 35 heavy (non-hydrogen) atoms. The van der Waals surface area contributed by atoms with Gasteiger partial charge in [0.2, 0.25) is 0 Å². The second-order valence-electron chi connectivity index (χ2n) is 9.74. The van der Waals surface area contributed by atoms with E-state index in [9.17, 15) is 14.7 Å². The quantitative estimate of drug-likeness (QED) is 0.535. The fourth-order valence-corrected chi connectivity index (χ4v) is 4.25. The van der Waals surface area contributed by atoms with E-state index in [1.165, 1.54) is 5.56 Å². The Morgan fingerprint density at radius 3 is 2.54 bits per heavy atom. The van der Waals surface area contributed by atoms with Gasteiger partial charge in [0.1, 0.15) is 6.10 Å². The molecule has 2 aromatic carbocycles. The number of urea groups is 1. The lowest BCUT2D eigenvalue weighted by Gasteiger charge is -2.38. The third-order valence-corrected chi connectivity index (χ3v) is 6.15. The number of rotatable bonds is 8. The van der Waals surface area contributed by atoms with Crippen LogP contribution in [-0.2, 0) is 6.54 Å². The van der Waals surface area contributed by atoms with Crippen molar-refractivity contribution in [3.8, 4) is 5.75 Å². The van der Waals surface area contributed by atoms with E-state index in [1.807, 2.05) is 46.0 Å². The van der Waals surface area contributed by atoms with Gasteiger partial charge in [-0.3, -0.25) is 9.69 Å². The van der Waals surface area contributed by atoms with Crippen LogP contribution in [0.1, 0.15) is 43.6 Å². The Hall–Kier alpha value is -3.10. The lowest BCUT2D eigenvalue weighted by molar-refractivity contribution is 0.0343. The number of likely N-dealkylation sites (N-methyl/N-ethyl adjacent to an activating group) is 1. The number of benzene rings is 2. The number of nitrogens with one attached hydrogen (secondary N) is 2. The fourth-order valence-electron chi connectivity index (χ4n) is 4.25. The predicted octanol–water partition coefficient (Wildman–Crippen LogP) is 3.57. The first kappa shape index (κ1) is 26.5. The minimum atomic E-state index is -0.363. The smallest absolute Gasteiger partial charge is 0.319 e. The Morgan fingerprint density at radius 2 is 1.89 bits per heavy atom. The molecule has 1 aliphatic rings. The second-order valence-corrected chi connectivity index (χ2v) is 9.74. The molecule has 0 unspecified atom stereocenters. The molecular formula is C27H38N4O4. The fraction of sp³-hybridized carbons (Fsp3) is 0.481. The molecule has 3 amide bonds. The van der Waals surface area contributed by atoms with Crippen LogP contribution >= 0.6 is 0 Å². The predicted molar refractivity (Wildman–Crippen MR) is 138 cm³/mol. The molecule has 0 aliphatic carbocycles. The van der Waals surface area contributed by atoms with Crippen molar-refractivity contribution >= 4 is 17.6 Å². The molecule has 190 valence electrons. The van der Waals surface area contributed by atoms with Crippen LogP contribution in [0, 0.1) is 5.92 Å². The van der Waals surface area contributed by atoms with Gasteiger partial charge >= 0.3 is 6.03 Å². The third-order valence-electron chi connectivity index (χ3n) is 6.15. The van der Waals surface area contributed by atoms with Crippen molar-refractivity contribution in [1.29, 1.82) is 0 Å². The van der Waals surface area contributed by atoms with Gasteiger partial charge in [0.15, 0.2) is 5.75 Å². The number of para-hydroxylation sites is 1. The molecule has 8 heteroatoms. The van der Waals surface area contributed by atoms with Gasteiger partial charge in [0, 0.05) is 31.6 Å². The first-order valence-corrected chi connectivity index (χ1v) is 12.2. The van der Waals surface area contributed by atoms with Crippen LogP contribution in [0.15, 0.2) is 48.5 Å². The molecular weight excluding hydrogens is 444 g/mol. The van der Waals surface area contributed by atoms with Crippen LogP contribution in [0.25, 0.3) is 0 Å². The summed E-state index contributed by atoms with van der Waals surface area (Å²) in [6.45, 7) is 9.34. The van der Waals surface area contributed by atoms with E-state index in [2.05, 4.69) is 34.6 Å². The van der Waals surface area contributed by atoms with Gasteiger partial charge in [0.25, 0.3) is 5.91 Å². The number of carbonyl (C=O) groups is 2. The van der Waals surface area contributed by atoms with Crippen molar-refractivity contribution in [2.45, 2.75) is 52.4 Å². The zero-order valence-electron chi connectivity index (χ0n) is 21.3. The van der Waals surface area contributed by atoms with E-state index in [0.717, 1.165) is 6.54 Å². The highest BCUT2D eigenvalue weighted by Gasteiger charge is 2.34. The largest absolute Gasteiger partial charge is 0.486 e. The molecule has 0 aromatic heterocycles. The zero-order chi connectivity index (χ0) is 25.5. The minimum Gasteiger partial charge on any atom is -0.486 e. The molecule has 1 heterocycles. The van der Waals surface area contributed by atoms with Crippen molar-refractivity contribution in [1.82, 2.24) is 15.1 Å². The summed E-state index contributed by atoms with van der Waals surface area (Å²) in [6.07, 6.45) is -0.250. The summed E-state index contributed by atoms with van der Waals surface area (Å²) >= 11 is 0. The van der Waals surface area contributed by atoms with Crippen molar-refractivity contribution in [3.63, 3.8) is 0 Å². The third kappa shape index (κ3) is 6.96. The van der Waals surface area contributed by atoms with Crippen molar-refractivity contribution < 1.29 is 19.4 Å². The van der Waals surface area contributed by atoms with Crippen molar-refractivity contribution in [2.75, 3.05) is 32.1 Å². The maximum Gasteiger partial charge on any atom is 0.319 e. The summed E-state index contributed by atoms with van der Waals surface area (Å²) in [5.74, 6) is 0.116. The number of carbonyl (C=O) groups excluding carboxylic acids is 2. The van der Waals surface area contributed by atoms with E-state index < -0.39 is 0 Å². The molecule has 0 saturated heterocycles. The molecule has 0 bridgehead atoms. The zero-order valence-corrected chi connectivity index (χ0v) is 21.3. The molecule has 3 atom stereocenters. The van der Waals surface area contributed by atoms with E-state index in [1.54, 1.807) is 23.1 Å². The minimum absolute atomic E-state index is 0.0168. The van der Waals surface area contributed by atoms with Crippen molar-refractivity contribution in [2.24, 2.45) is 5.92 Å². The summed E-state index contributed by atoms with van der Waals surface area (Å²) in [6, 6.07) is 14.7. The number of hydrogen-bond donors (Lipinski definition) is 3. The normalized spacial score (nSPS) is 19.0. The average molecular weight is 483 g/mol. The van der Waals surface area contributed by atoms with Crippen molar-refractivity contribution in [3.05, 3.63) is 59.7 Å². The highest BCUT2D eigenvalue weighted by Crippen LogP contribution is 2.35. The topological polar surface area (TPSA) is 94.1 Å². The SMILES string of the molecule is CC(C)NC(=O)Nc1cccc2c1O[C@@H](CN(C)Cc1ccccc1)[C@H](C)CN([C@@H](C)CO)C2=O. The molecule has 3 N–H and O–H groups in total.